The maximum atomic E-state index is 13.6. The van der Waals surface area contributed by atoms with Crippen molar-refractivity contribution in [2.75, 3.05) is 19.3 Å². The van der Waals surface area contributed by atoms with Crippen molar-refractivity contribution < 1.29 is 13.6 Å². The summed E-state index contributed by atoms with van der Waals surface area (Å²) in [6, 6.07) is 5.64. The summed E-state index contributed by atoms with van der Waals surface area (Å²) in [5, 5.41) is 9.18. The number of nitriles is 1. The Morgan fingerprint density at radius 2 is 1.90 bits per heavy atom. The first kappa shape index (κ1) is 14.8. The van der Waals surface area contributed by atoms with E-state index in [9.17, 15) is 18.8 Å². The topological polar surface area (TPSA) is 44.1 Å². The quantitative estimate of drug-likeness (QED) is 0.843. The second-order valence-electron chi connectivity index (χ2n) is 4.70. The average molecular weight is 296 g/mol. The van der Waals surface area contributed by atoms with Crippen LogP contribution in [0.2, 0.25) is 0 Å². The lowest BCUT2D eigenvalue weighted by atomic mass is 9.96. The van der Waals surface area contributed by atoms with Crippen LogP contribution in [0.4, 0.5) is 8.78 Å². The summed E-state index contributed by atoms with van der Waals surface area (Å²) in [4.78, 5) is 13.6. The first-order valence-electron chi connectivity index (χ1n) is 6.23. The minimum Gasteiger partial charge on any atom is -0.338 e. The van der Waals surface area contributed by atoms with Crippen LogP contribution in [0.5, 0.6) is 0 Å². The SMILES string of the molecule is CSC1(C#N)CCN(C(=O)c2c(F)cccc2F)CC1. The first-order chi connectivity index (χ1) is 9.53. The van der Waals surface area contributed by atoms with Gasteiger partial charge in [0.1, 0.15) is 21.9 Å². The summed E-state index contributed by atoms with van der Waals surface area (Å²) in [7, 11) is 0. The van der Waals surface area contributed by atoms with Crippen molar-refractivity contribution in [3.8, 4) is 6.07 Å². The Kier molecular flexibility index (Phi) is 4.29. The minimum absolute atomic E-state index is 0.334. The van der Waals surface area contributed by atoms with Crippen LogP contribution in [0.1, 0.15) is 23.2 Å². The van der Waals surface area contributed by atoms with Crippen LogP contribution in [0, 0.1) is 23.0 Å². The zero-order chi connectivity index (χ0) is 14.8. The number of rotatable bonds is 2. The summed E-state index contributed by atoms with van der Waals surface area (Å²) >= 11 is 1.46. The molecule has 0 saturated carbocycles. The second kappa shape index (κ2) is 5.80. The number of thioether (sulfide) groups is 1. The molecule has 1 aromatic carbocycles. The molecule has 1 aliphatic rings. The van der Waals surface area contributed by atoms with Gasteiger partial charge in [-0.3, -0.25) is 4.79 Å². The summed E-state index contributed by atoms with van der Waals surface area (Å²) in [6.07, 6.45) is 2.87. The Bertz CT molecular complexity index is 543. The van der Waals surface area contributed by atoms with E-state index in [1.54, 1.807) is 0 Å². The predicted octanol–water partition coefficient (Wildman–Crippen LogP) is 2.83. The summed E-state index contributed by atoms with van der Waals surface area (Å²) in [5.41, 5.74) is -0.513. The van der Waals surface area contributed by atoms with Gasteiger partial charge in [-0.25, -0.2) is 8.78 Å². The van der Waals surface area contributed by atoms with Crippen molar-refractivity contribution >= 4 is 17.7 Å². The van der Waals surface area contributed by atoms with Gasteiger partial charge in [-0.2, -0.15) is 5.26 Å². The number of hydrogen-bond donors (Lipinski definition) is 0. The van der Waals surface area contributed by atoms with E-state index in [-0.39, 0.29) is 0 Å². The lowest BCUT2D eigenvalue weighted by Crippen LogP contribution is -2.44. The third-order valence-electron chi connectivity index (χ3n) is 3.63. The normalized spacial score (nSPS) is 17.6. The molecular weight excluding hydrogens is 282 g/mol. The predicted molar refractivity (Wildman–Crippen MR) is 73.4 cm³/mol. The van der Waals surface area contributed by atoms with Gasteiger partial charge in [0.25, 0.3) is 5.91 Å². The Hall–Kier alpha value is -1.61. The minimum atomic E-state index is -0.850. The maximum Gasteiger partial charge on any atom is 0.259 e. The third kappa shape index (κ3) is 2.63. The van der Waals surface area contributed by atoms with E-state index in [0.29, 0.717) is 25.9 Å². The van der Waals surface area contributed by atoms with Gasteiger partial charge in [-0.15, -0.1) is 11.8 Å². The third-order valence-corrected chi connectivity index (χ3v) is 4.91. The summed E-state index contributed by atoms with van der Waals surface area (Å²) in [6.45, 7) is 0.669. The van der Waals surface area contributed by atoms with Gasteiger partial charge in [-0.05, 0) is 31.2 Å². The smallest absolute Gasteiger partial charge is 0.259 e. The van der Waals surface area contributed by atoms with Crippen LogP contribution >= 0.6 is 11.8 Å². The Morgan fingerprint density at radius 1 is 1.35 bits per heavy atom. The number of carbonyl (C=O) groups excluding carboxylic acids is 1. The van der Waals surface area contributed by atoms with Crippen molar-refractivity contribution in [3.05, 3.63) is 35.4 Å². The van der Waals surface area contributed by atoms with E-state index >= 15 is 0 Å². The fraction of sp³-hybridized carbons (Fsp3) is 0.429. The van der Waals surface area contributed by atoms with Crippen LogP contribution in [-0.2, 0) is 0 Å². The lowest BCUT2D eigenvalue weighted by Gasteiger charge is -2.36. The van der Waals surface area contributed by atoms with Gasteiger partial charge in [-0.1, -0.05) is 6.07 Å². The van der Waals surface area contributed by atoms with Crippen LogP contribution in [0.15, 0.2) is 18.2 Å². The number of hydrogen-bond acceptors (Lipinski definition) is 3. The molecular formula is C14H14F2N2OS. The van der Waals surface area contributed by atoms with Crippen molar-refractivity contribution in [3.63, 3.8) is 0 Å². The molecule has 0 aromatic heterocycles. The molecule has 1 heterocycles. The van der Waals surface area contributed by atoms with Crippen molar-refractivity contribution in [2.24, 2.45) is 0 Å². The molecule has 1 aromatic rings. The molecule has 6 heteroatoms. The molecule has 20 heavy (non-hydrogen) atoms. The van der Waals surface area contributed by atoms with Gasteiger partial charge in [0.05, 0.1) is 6.07 Å². The maximum absolute atomic E-state index is 13.6. The molecule has 3 nitrogen and oxygen atoms in total. The van der Waals surface area contributed by atoms with Crippen LogP contribution < -0.4 is 0 Å². The summed E-state index contributed by atoms with van der Waals surface area (Å²) < 4.78 is 26.7. The molecule has 106 valence electrons. The highest BCUT2D eigenvalue weighted by Crippen LogP contribution is 2.34. The van der Waals surface area contributed by atoms with Gasteiger partial charge in [0.2, 0.25) is 0 Å². The number of likely N-dealkylation sites (tertiary alicyclic amines) is 1. The molecule has 0 unspecified atom stereocenters. The zero-order valence-corrected chi connectivity index (χ0v) is 11.8. The van der Waals surface area contributed by atoms with E-state index in [4.69, 9.17) is 0 Å². The fourth-order valence-corrected chi connectivity index (χ4v) is 2.97. The van der Waals surface area contributed by atoms with Crippen LogP contribution in [-0.4, -0.2) is 34.9 Å². The number of amides is 1. The molecule has 1 saturated heterocycles. The average Bonchev–Trinajstić information content (AvgIpc) is 2.47. The van der Waals surface area contributed by atoms with E-state index in [0.717, 1.165) is 12.1 Å². The first-order valence-corrected chi connectivity index (χ1v) is 7.45. The Balaban J connectivity index is 2.16. The number of nitrogens with zero attached hydrogens (tertiary/aromatic N) is 2. The van der Waals surface area contributed by atoms with Gasteiger partial charge in [0.15, 0.2) is 0 Å². The molecule has 1 aliphatic heterocycles. The fourth-order valence-electron chi connectivity index (χ4n) is 2.29. The van der Waals surface area contributed by atoms with Gasteiger partial charge < -0.3 is 4.90 Å². The molecule has 0 radical (unpaired) electrons. The molecule has 2 rings (SSSR count). The molecule has 0 aliphatic carbocycles. The van der Waals surface area contributed by atoms with Crippen LogP contribution in [0.25, 0.3) is 0 Å². The Morgan fingerprint density at radius 3 is 2.35 bits per heavy atom. The number of halogens is 2. The van der Waals surface area contributed by atoms with Crippen molar-refractivity contribution in [1.82, 2.24) is 4.90 Å². The number of carbonyl (C=O) groups is 1. The molecule has 0 N–H and O–H groups in total. The zero-order valence-electron chi connectivity index (χ0n) is 11.0. The largest absolute Gasteiger partial charge is 0.338 e. The highest BCUT2D eigenvalue weighted by atomic mass is 32.2. The van der Waals surface area contributed by atoms with Crippen LogP contribution in [0.3, 0.4) is 0 Å². The highest BCUT2D eigenvalue weighted by molar-refractivity contribution is 8.00. The van der Waals surface area contributed by atoms with Gasteiger partial charge in [0, 0.05) is 13.1 Å². The van der Waals surface area contributed by atoms with E-state index in [1.165, 1.54) is 22.7 Å². The molecule has 0 bridgehead atoms. The molecule has 1 fully saturated rings. The van der Waals surface area contributed by atoms with E-state index in [1.807, 2.05) is 6.26 Å². The second-order valence-corrected chi connectivity index (χ2v) is 5.89. The van der Waals surface area contributed by atoms with E-state index < -0.39 is 27.9 Å². The lowest BCUT2D eigenvalue weighted by molar-refractivity contribution is 0.0706. The molecule has 1 amide bonds. The van der Waals surface area contributed by atoms with Crippen molar-refractivity contribution in [1.29, 1.82) is 5.26 Å². The molecule has 0 spiro atoms. The monoisotopic (exact) mass is 296 g/mol. The highest BCUT2D eigenvalue weighted by Gasteiger charge is 2.36. The molecule has 0 atom stereocenters. The van der Waals surface area contributed by atoms with Crippen molar-refractivity contribution in [2.45, 2.75) is 17.6 Å². The standard InChI is InChI=1S/C14H14F2N2OS/c1-20-14(9-17)5-7-18(8-6-14)13(19)12-10(15)3-2-4-11(12)16/h2-4H,5-8H2,1H3. The van der Waals surface area contributed by atoms with Gasteiger partial charge >= 0.3 is 0 Å². The van der Waals surface area contributed by atoms with E-state index in [2.05, 4.69) is 6.07 Å². The Labute approximate surface area is 120 Å². The summed E-state index contributed by atoms with van der Waals surface area (Å²) in [5.74, 6) is -2.35. The number of piperidine rings is 1. The number of benzene rings is 1.